The molecule has 2 amide bonds. The Morgan fingerprint density at radius 2 is 1.66 bits per heavy atom. The van der Waals surface area contributed by atoms with Crippen molar-refractivity contribution in [3.05, 3.63) is 59.7 Å². The second-order valence-electron chi connectivity index (χ2n) is 6.90. The van der Waals surface area contributed by atoms with Gasteiger partial charge < -0.3 is 4.74 Å². The lowest BCUT2D eigenvalue weighted by Gasteiger charge is -2.10. The van der Waals surface area contributed by atoms with E-state index < -0.39 is 21.8 Å². The maximum absolute atomic E-state index is 12.3. The van der Waals surface area contributed by atoms with Crippen LogP contribution in [0.5, 0.6) is 5.75 Å². The molecule has 8 nitrogen and oxygen atoms in total. The Morgan fingerprint density at radius 1 is 0.969 bits per heavy atom. The van der Waals surface area contributed by atoms with Gasteiger partial charge in [-0.15, -0.1) is 6.42 Å². The fourth-order valence-corrected chi connectivity index (χ4v) is 3.68. The summed E-state index contributed by atoms with van der Waals surface area (Å²) in [5.74, 6) is 1.65. The van der Waals surface area contributed by atoms with Crippen LogP contribution in [0.3, 0.4) is 0 Å². The standard InChI is InChI=1S/C23H27N3O5S/c1-3-5-6-7-16-31-20-13-11-18(12-14-20)22(27)25-26-23(28)19-9-8-10-21(17-19)32(29,30)24-15-4-2/h2,8-14,17,24H,3,5-7,15-16H2,1H3,(H,25,27)(H,26,28). The van der Waals surface area contributed by atoms with Crippen molar-refractivity contribution in [3.8, 4) is 18.1 Å². The van der Waals surface area contributed by atoms with Crippen LogP contribution in [-0.2, 0) is 10.0 Å². The van der Waals surface area contributed by atoms with Gasteiger partial charge in [0.15, 0.2) is 0 Å². The Kier molecular flexibility index (Phi) is 9.73. The first-order valence-corrected chi connectivity index (χ1v) is 11.7. The summed E-state index contributed by atoms with van der Waals surface area (Å²) in [6.07, 6.45) is 9.50. The van der Waals surface area contributed by atoms with Crippen molar-refractivity contribution >= 4 is 21.8 Å². The van der Waals surface area contributed by atoms with Crippen LogP contribution in [0.4, 0.5) is 0 Å². The average molecular weight is 458 g/mol. The Labute approximate surface area is 188 Å². The van der Waals surface area contributed by atoms with Crippen LogP contribution >= 0.6 is 0 Å². The van der Waals surface area contributed by atoms with Crippen molar-refractivity contribution in [2.45, 2.75) is 37.5 Å². The lowest BCUT2D eigenvalue weighted by molar-refractivity contribution is 0.0846. The van der Waals surface area contributed by atoms with E-state index in [-0.39, 0.29) is 17.0 Å². The average Bonchev–Trinajstić information content (AvgIpc) is 2.81. The zero-order chi connectivity index (χ0) is 23.4. The van der Waals surface area contributed by atoms with Gasteiger partial charge in [-0.25, -0.2) is 8.42 Å². The molecule has 0 heterocycles. The molecule has 0 radical (unpaired) electrons. The van der Waals surface area contributed by atoms with E-state index in [1.165, 1.54) is 30.7 Å². The lowest BCUT2D eigenvalue weighted by atomic mass is 10.2. The molecule has 0 aromatic heterocycles. The number of carbonyl (C=O) groups is 2. The van der Waals surface area contributed by atoms with Crippen LogP contribution < -0.4 is 20.3 Å². The van der Waals surface area contributed by atoms with Gasteiger partial charge in [0, 0.05) is 11.1 Å². The molecule has 2 aromatic carbocycles. The minimum Gasteiger partial charge on any atom is -0.494 e. The van der Waals surface area contributed by atoms with Crippen molar-refractivity contribution in [2.24, 2.45) is 0 Å². The number of ether oxygens (including phenoxy) is 1. The van der Waals surface area contributed by atoms with Crippen LogP contribution in [0, 0.1) is 12.3 Å². The van der Waals surface area contributed by atoms with Crippen molar-refractivity contribution in [1.29, 1.82) is 0 Å². The van der Waals surface area contributed by atoms with Crippen molar-refractivity contribution < 1.29 is 22.7 Å². The van der Waals surface area contributed by atoms with E-state index in [1.54, 1.807) is 24.3 Å². The number of amides is 2. The summed E-state index contributed by atoms with van der Waals surface area (Å²) in [6, 6.07) is 11.9. The monoisotopic (exact) mass is 457 g/mol. The fourth-order valence-electron chi connectivity index (χ4n) is 2.70. The Morgan fingerprint density at radius 3 is 2.31 bits per heavy atom. The molecule has 3 N–H and O–H groups in total. The molecule has 9 heteroatoms. The van der Waals surface area contributed by atoms with Gasteiger partial charge >= 0.3 is 0 Å². The third-order valence-electron chi connectivity index (χ3n) is 4.44. The van der Waals surface area contributed by atoms with Gasteiger partial charge in [-0.2, -0.15) is 4.72 Å². The molecule has 32 heavy (non-hydrogen) atoms. The molecule has 2 rings (SSSR count). The molecule has 0 saturated heterocycles. The van der Waals surface area contributed by atoms with Crippen molar-refractivity contribution in [3.63, 3.8) is 0 Å². The molecular weight excluding hydrogens is 430 g/mol. The predicted octanol–water partition coefficient (Wildman–Crippen LogP) is 2.63. The van der Waals surface area contributed by atoms with Crippen LogP contribution in [0.25, 0.3) is 0 Å². The first-order chi connectivity index (χ1) is 15.4. The molecular formula is C23H27N3O5S. The summed E-state index contributed by atoms with van der Waals surface area (Å²) in [6.45, 7) is 2.60. The van der Waals surface area contributed by atoms with Gasteiger partial charge in [0.05, 0.1) is 18.0 Å². The number of hydrazine groups is 1. The summed E-state index contributed by atoms with van der Waals surface area (Å²) in [7, 11) is -3.84. The predicted molar refractivity (Wildman–Crippen MR) is 121 cm³/mol. The van der Waals surface area contributed by atoms with Crippen LogP contribution in [0.1, 0.15) is 53.3 Å². The SMILES string of the molecule is C#CCNS(=O)(=O)c1cccc(C(=O)NNC(=O)c2ccc(OCCCCCC)cc2)c1. The molecule has 0 atom stereocenters. The molecule has 0 unspecified atom stereocenters. The Bertz CT molecular complexity index is 1060. The Hall–Kier alpha value is -3.35. The highest BCUT2D eigenvalue weighted by Crippen LogP contribution is 2.14. The van der Waals surface area contributed by atoms with E-state index in [1.807, 2.05) is 0 Å². The second-order valence-corrected chi connectivity index (χ2v) is 8.67. The fraction of sp³-hybridized carbons (Fsp3) is 0.304. The quantitative estimate of drug-likeness (QED) is 0.273. The molecule has 0 aliphatic rings. The Balaban J connectivity index is 1.89. The first kappa shape index (κ1) is 24.9. The molecule has 0 spiro atoms. The number of rotatable bonds is 11. The molecule has 170 valence electrons. The van der Waals surface area contributed by atoms with Gasteiger partial charge in [-0.3, -0.25) is 20.4 Å². The van der Waals surface area contributed by atoms with Crippen LogP contribution in [0.15, 0.2) is 53.4 Å². The van der Waals surface area contributed by atoms with E-state index >= 15 is 0 Å². The second kappa shape index (κ2) is 12.5. The molecule has 2 aromatic rings. The highest BCUT2D eigenvalue weighted by atomic mass is 32.2. The van der Waals surface area contributed by atoms with Gasteiger partial charge in [-0.05, 0) is 48.9 Å². The van der Waals surface area contributed by atoms with Crippen molar-refractivity contribution in [2.75, 3.05) is 13.2 Å². The zero-order valence-corrected chi connectivity index (χ0v) is 18.7. The van der Waals surface area contributed by atoms with Gasteiger partial charge in [0.25, 0.3) is 11.8 Å². The molecule has 0 fully saturated rings. The summed E-state index contributed by atoms with van der Waals surface area (Å²) < 4.78 is 32.1. The summed E-state index contributed by atoms with van der Waals surface area (Å²) >= 11 is 0. The van der Waals surface area contributed by atoms with E-state index in [0.717, 1.165) is 19.3 Å². The minimum absolute atomic E-state index is 0.0562. The number of benzene rings is 2. The number of hydrogen-bond donors (Lipinski definition) is 3. The third-order valence-corrected chi connectivity index (χ3v) is 5.84. The molecule has 0 aliphatic carbocycles. The van der Waals surface area contributed by atoms with Gasteiger partial charge in [0.1, 0.15) is 5.75 Å². The number of terminal acetylenes is 1. The highest BCUT2D eigenvalue weighted by molar-refractivity contribution is 7.89. The number of nitrogens with one attached hydrogen (secondary N) is 3. The molecule has 0 aliphatic heterocycles. The lowest BCUT2D eigenvalue weighted by Crippen LogP contribution is -2.41. The number of hydrogen-bond acceptors (Lipinski definition) is 5. The largest absolute Gasteiger partial charge is 0.494 e. The first-order valence-electron chi connectivity index (χ1n) is 10.2. The smallest absolute Gasteiger partial charge is 0.269 e. The number of sulfonamides is 1. The van der Waals surface area contributed by atoms with E-state index in [9.17, 15) is 18.0 Å². The molecule has 0 bridgehead atoms. The summed E-state index contributed by atoms with van der Waals surface area (Å²) in [4.78, 5) is 24.5. The highest BCUT2D eigenvalue weighted by Gasteiger charge is 2.16. The number of carbonyl (C=O) groups excluding carboxylic acids is 2. The number of unbranched alkanes of at least 4 members (excludes halogenated alkanes) is 3. The maximum Gasteiger partial charge on any atom is 0.269 e. The van der Waals surface area contributed by atoms with Gasteiger partial charge in [-0.1, -0.05) is 38.2 Å². The van der Waals surface area contributed by atoms with Crippen molar-refractivity contribution in [1.82, 2.24) is 15.6 Å². The third kappa shape index (κ3) is 7.72. The van der Waals surface area contributed by atoms with Crippen LogP contribution in [-0.4, -0.2) is 33.4 Å². The van der Waals surface area contributed by atoms with E-state index in [0.29, 0.717) is 17.9 Å². The summed E-state index contributed by atoms with van der Waals surface area (Å²) in [5, 5.41) is 0. The maximum atomic E-state index is 12.3. The van der Waals surface area contributed by atoms with E-state index in [4.69, 9.17) is 11.2 Å². The van der Waals surface area contributed by atoms with Crippen LogP contribution in [0.2, 0.25) is 0 Å². The zero-order valence-electron chi connectivity index (χ0n) is 17.9. The molecule has 0 saturated carbocycles. The van der Waals surface area contributed by atoms with E-state index in [2.05, 4.69) is 28.4 Å². The summed E-state index contributed by atoms with van der Waals surface area (Å²) in [5.41, 5.74) is 4.96. The normalized spacial score (nSPS) is 10.8. The van der Waals surface area contributed by atoms with Gasteiger partial charge in [0.2, 0.25) is 10.0 Å². The topological polar surface area (TPSA) is 114 Å². The minimum atomic E-state index is -3.84.